The van der Waals surface area contributed by atoms with Crippen molar-refractivity contribution in [3.8, 4) is 0 Å². The Morgan fingerprint density at radius 1 is 1.11 bits per heavy atom. The van der Waals surface area contributed by atoms with Crippen LogP contribution in [0.4, 0.5) is 0 Å². The van der Waals surface area contributed by atoms with E-state index in [0.29, 0.717) is 6.54 Å². The standard InChI is InChI=1S/C16H18N2O/c1-10-4-5-14-13(8-10)9-15-11(2)12(3)16(19)17-6-7-18(14)15/h4-5,8-9H,6-7H2,1-3H3,(H,17,19)/b12-11-. The van der Waals surface area contributed by atoms with Gasteiger partial charge < -0.3 is 9.88 Å². The summed E-state index contributed by atoms with van der Waals surface area (Å²) >= 11 is 0. The summed E-state index contributed by atoms with van der Waals surface area (Å²) in [5.41, 5.74) is 5.53. The van der Waals surface area contributed by atoms with Crippen molar-refractivity contribution in [2.24, 2.45) is 0 Å². The molecule has 0 radical (unpaired) electrons. The maximum Gasteiger partial charge on any atom is 0.247 e. The predicted octanol–water partition coefficient (Wildman–Crippen LogP) is 2.87. The highest BCUT2D eigenvalue weighted by Crippen LogP contribution is 2.28. The number of fused-ring (bicyclic) bond motifs is 3. The van der Waals surface area contributed by atoms with Crippen molar-refractivity contribution in [3.63, 3.8) is 0 Å². The van der Waals surface area contributed by atoms with Gasteiger partial charge in [-0.25, -0.2) is 0 Å². The maximum atomic E-state index is 11.9. The lowest BCUT2D eigenvalue weighted by atomic mass is 10.1. The van der Waals surface area contributed by atoms with Crippen molar-refractivity contribution < 1.29 is 4.79 Å². The molecular formula is C16H18N2O. The van der Waals surface area contributed by atoms with E-state index in [-0.39, 0.29) is 5.91 Å². The van der Waals surface area contributed by atoms with Gasteiger partial charge in [0.2, 0.25) is 5.91 Å². The first-order valence-electron chi connectivity index (χ1n) is 6.64. The number of rotatable bonds is 0. The molecule has 1 N–H and O–H groups in total. The molecule has 2 heterocycles. The average molecular weight is 254 g/mol. The fraction of sp³-hybridized carbons (Fsp3) is 0.312. The van der Waals surface area contributed by atoms with Crippen LogP contribution in [0.25, 0.3) is 16.5 Å². The summed E-state index contributed by atoms with van der Waals surface area (Å²) < 4.78 is 2.30. The molecule has 98 valence electrons. The number of aryl methyl sites for hydroxylation is 1. The average Bonchev–Trinajstić information content (AvgIpc) is 2.73. The highest BCUT2D eigenvalue weighted by Gasteiger charge is 2.17. The first kappa shape index (κ1) is 12.0. The number of aromatic nitrogens is 1. The van der Waals surface area contributed by atoms with Gasteiger partial charge in [-0.05, 0) is 44.5 Å². The van der Waals surface area contributed by atoms with Crippen LogP contribution in [0.3, 0.4) is 0 Å². The van der Waals surface area contributed by atoms with Crippen molar-refractivity contribution in [2.45, 2.75) is 27.3 Å². The molecule has 0 atom stereocenters. The van der Waals surface area contributed by atoms with Crippen LogP contribution in [-0.2, 0) is 11.3 Å². The zero-order valence-corrected chi connectivity index (χ0v) is 11.6. The van der Waals surface area contributed by atoms with E-state index in [1.54, 1.807) is 0 Å². The van der Waals surface area contributed by atoms with Gasteiger partial charge in [0.25, 0.3) is 0 Å². The van der Waals surface area contributed by atoms with E-state index in [2.05, 4.69) is 41.1 Å². The van der Waals surface area contributed by atoms with Crippen molar-refractivity contribution in [3.05, 3.63) is 41.1 Å². The van der Waals surface area contributed by atoms with E-state index in [4.69, 9.17) is 0 Å². The zero-order valence-electron chi connectivity index (χ0n) is 11.6. The molecule has 3 heteroatoms. The number of hydrogen-bond acceptors (Lipinski definition) is 1. The van der Waals surface area contributed by atoms with Gasteiger partial charge in [-0.3, -0.25) is 4.79 Å². The Morgan fingerprint density at radius 2 is 1.89 bits per heavy atom. The quantitative estimate of drug-likeness (QED) is 0.770. The summed E-state index contributed by atoms with van der Waals surface area (Å²) in [5.74, 6) is 0.0465. The third-order valence-electron chi connectivity index (χ3n) is 3.97. The Balaban J connectivity index is 2.31. The highest BCUT2D eigenvalue weighted by atomic mass is 16.1. The van der Waals surface area contributed by atoms with Gasteiger partial charge in [0, 0.05) is 35.3 Å². The summed E-state index contributed by atoms with van der Waals surface area (Å²) in [6.45, 7) is 7.51. The molecule has 0 saturated carbocycles. The van der Waals surface area contributed by atoms with Gasteiger partial charge in [0.05, 0.1) is 0 Å². The Bertz CT molecular complexity index is 707. The SMILES string of the molecule is C/C1=C(\C)c2cc3cc(C)ccc3n2CCNC1=O. The highest BCUT2D eigenvalue weighted by molar-refractivity contribution is 6.01. The minimum atomic E-state index is 0.0465. The number of allylic oxidation sites excluding steroid dienone is 1. The largest absolute Gasteiger partial charge is 0.351 e. The lowest BCUT2D eigenvalue weighted by molar-refractivity contribution is -0.117. The van der Waals surface area contributed by atoms with E-state index in [1.807, 2.05) is 13.8 Å². The summed E-state index contributed by atoms with van der Waals surface area (Å²) in [6.07, 6.45) is 0. The number of carbonyl (C=O) groups excluding carboxylic acids is 1. The summed E-state index contributed by atoms with van der Waals surface area (Å²) in [6, 6.07) is 8.70. The van der Waals surface area contributed by atoms with E-state index < -0.39 is 0 Å². The molecule has 0 saturated heterocycles. The fourth-order valence-corrected chi connectivity index (χ4v) is 2.72. The summed E-state index contributed by atoms with van der Waals surface area (Å²) in [4.78, 5) is 11.9. The van der Waals surface area contributed by atoms with E-state index in [1.165, 1.54) is 16.5 Å². The van der Waals surface area contributed by atoms with Crippen LogP contribution in [0, 0.1) is 6.92 Å². The second kappa shape index (κ2) is 4.26. The molecule has 0 aliphatic carbocycles. The molecule has 1 amide bonds. The Kier molecular flexibility index (Phi) is 2.70. The van der Waals surface area contributed by atoms with Gasteiger partial charge in [-0.2, -0.15) is 0 Å². The van der Waals surface area contributed by atoms with Gasteiger partial charge in [0.1, 0.15) is 0 Å². The number of nitrogens with zero attached hydrogens (tertiary/aromatic N) is 1. The van der Waals surface area contributed by atoms with Crippen LogP contribution in [0.5, 0.6) is 0 Å². The van der Waals surface area contributed by atoms with Crippen LogP contribution < -0.4 is 5.32 Å². The van der Waals surface area contributed by atoms with Gasteiger partial charge in [0.15, 0.2) is 0 Å². The number of nitrogens with one attached hydrogen (secondary N) is 1. The third-order valence-corrected chi connectivity index (χ3v) is 3.97. The van der Waals surface area contributed by atoms with E-state index in [9.17, 15) is 4.79 Å². The smallest absolute Gasteiger partial charge is 0.247 e. The van der Waals surface area contributed by atoms with Crippen LogP contribution >= 0.6 is 0 Å². The molecule has 0 fully saturated rings. The molecule has 2 aromatic rings. The molecule has 3 nitrogen and oxygen atoms in total. The van der Waals surface area contributed by atoms with E-state index in [0.717, 1.165) is 23.4 Å². The number of amides is 1. The maximum absolute atomic E-state index is 11.9. The molecule has 0 spiro atoms. The number of benzene rings is 1. The predicted molar refractivity (Wildman–Crippen MR) is 78.0 cm³/mol. The molecule has 0 unspecified atom stereocenters. The molecule has 1 aromatic carbocycles. The molecule has 1 aromatic heterocycles. The number of hydrogen-bond donors (Lipinski definition) is 1. The molecule has 0 bridgehead atoms. The van der Waals surface area contributed by atoms with Crippen molar-refractivity contribution in [1.82, 2.24) is 9.88 Å². The third kappa shape index (κ3) is 1.86. The second-order valence-electron chi connectivity index (χ2n) is 5.25. The normalized spacial score (nSPS) is 19.8. The van der Waals surface area contributed by atoms with E-state index >= 15 is 0 Å². The lowest BCUT2D eigenvalue weighted by Gasteiger charge is -2.17. The van der Waals surface area contributed by atoms with Crippen molar-refractivity contribution in [1.29, 1.82) is 0 Å². The summed E-state index contributed by atoms with van der Waals surface area (Å²) in [5, 5.41) is 4.20. The molecule has 3 rings (SSSR count). The first-order chi connectivity index (χ1) is 9.08. The van der Waals surface area contributed by atoms with Gasteiger partial charge in [-0.1, -0.05) is 11.6 Å². The van der Waals surface area contributed by atoms with Crippen LogP contribution in [0.1, 0.15) is 25.1 Å². The number of carbonyl (C=O) groups is 1. The van der Waals surface area contributed by atoms with Crippen LogP contribution in [0.2, 0.25) is 0 Å². The minimum Gasteiger partial charge on any atom is -0.351 e. The molecule has 19 heavy (non-hydrogen) atoms. The topological polar surface area (TPSA) is 34.0 Å². The Labute approximate surface area is 112 Å². The van der Waals surface area contributed by atoms with Crippen molar-refractivity contribution in [2.75, 3.05) is 6.54 Å². The van der Waals surface area contributed by atoms with Crippen LogP contribution in [-0.4, -0.2) is 17.0 Å². The molecule has 1 aliphatic rings. The van der Waals surface area contributed by atoms with Crippen molar-refractivity contribution >= 4 is 22.4 Å². The monoisotopic (exact) mass is 254 g/mol. The fourth-order valence-electron chi connectivity index (χ4n) is 2.72. The lowest BCUT2D eigenvalue weighted by Crippen LogP contribution is -2.30. The Hall–Kier alpha value is -2.03. The summed E-state index contributed by atoms with van der Waals surface area (Å²) in [7, 11) is 0. The Morgan fingerprint density at radius 3 is 2.68 bits per heavy atom. The first-order valence-corrected chi connectivity index (χ1v) is 6.64. The van der Waals surface area contributed by atoms with Gasteiger partial charge >= 0.3 is 0 Å². The van der Waals surface area contributed by atoms with Gasteiger partial charge in [-0.15, -0.1) is 0 Å². The minimum absolute atomic E-state index is 0.0465. The zero-order chi connectivity index (χ0) is 13.6. The molecule has 1 aliphatic heterocycles. The second-order valence-corrected chi connectivity index (χ2v) is 5.25. The molecular weight excluding hydrogens is 236 g/mol. The van der Waals surface area contributed by atoms with Crippen LogP contribution in [0.15, 0.2) is 29.8 Å².